The monoisotopic (exact) mass is 716 g/mol. The zero-order chi connectivity index (χ0) is 36.8. The number of hydrogen-bond acceptors (Lipinski definition) is 7. The fourth-order valence-electron chi connectivity index (χ4n) is 6.63. The van der Waals surface area contributed by atoms with Crippen LogP contribution in [0.2, 0.25) is 0 Å². The van der Waals surface area contributed by atoms with Crippen molar-refractivity contribution in [1.29, 1.82) is 5.41 Å². The summed E-state index contributed by atoms with van der Waals surface area (Å²) >= 11 is 1.77. The third-order valence-corrected chi connectivity index (χ3v) is 10.9. The van der Waals surface area contributed by atoms with Gasteiger partial charge in [-0.3, -0.25) is 10.2 Å². The van der Waals surface area contributed by atoms with Gasteiger partial charge in [0.1, 0.15) is 34.9 Å². The third-order valence-electron chi connectivity index (χ3n) is 9.45. The van der Waals surface area contributed by atoms with Gasteiger partial charge in [-0.15, -0.1) is 0 Å². The van der Waals surface area contributed by atoms with E-state index in [1.807, 2.05) is 24.3 Å². The number of aliphatic imine (C=N–C) groups is 1. The molecule has 0 amide bonds. The van der Waals surface area contributed by atoms with Crippen LogP contribution < -0.4 is 10.1 Å². The molecule has 3 aromatic carbocycles. The summed E-state index contributed by atoms with van der Waals surface area (Å²) in [6.07, 6.45) is 5.14. The van der Waals surface area contributed by atoms with Crippen LogP contribution in [0.3, 0.4) is 0 Å². The molecule has 2 heterocycles. The predicted molar refractivity (Wildman–Crippen MR) is 200 cm³/mol. The Morgan fingerprint density at radius 1 is 1.16 bits per heavy atom. The average Bonchev–Trinajstić information content (AvgIpc) is 3.57. The van der Waals surface area contributed by atoms with E-state index in [1.165, 1.54) is 24.3 Å². The normalized spacial score (nSPS) is 20.1. The zero-order valence-electron chi connectivity index (χ0n) is 29.8. The number of nitrogens with zero attached hydrogens (tertiary/aromatic N) is 1. The largest absolute Gasteiger partial charge is 0.466 e. The van der Waals surface area contributed by atoms with Crippen LogP contribution in [0.5, 0.6) is 11.5 Å². The van der Waals surface area contributed by atoms with E-state index in [2.05, 4.69) is 29.1 Å². The van der Waals surface area contributed by atoms with Crippen molar-refractivity contribution in [2.45, 2.75) is 65.2 Å². The molecular formula is C40H46F2N4O4S. The molecule has 0 radical (unpaired) electrons. The van der Waals surface area contributed by atoms with Gasteiger partial charge in [-0.2, -0.15) is 11.8 Å². The number of thioether (sulfide) groups is 1. The Kier molecular flexibility index (Phi) is 12.0. The van der Waals surface area contributed by atoms with Gasteiger partial charge >= 0.3 is 5.97 Å². The molecule has 0 aliphatic carbocycles. The topological polar surface area (TPSA) is 117 Å². The Balaban J connectivity index is 1.61. The highest BCUT2D eigenvalue weighted by Crippen LogP contribution is 2.38. The molecule has 0 saturated heterocycles. The summed E-state index contributed by atoms with van der Waals surface area (Å²) < 4.78 is 42.6. The molecule has 1 aliphatic rings. The van der Waals surface area contributed by atoms with E-state index >= 15 is 8.78 Å². The number of esters is 1. The maximum Gasteiger partial charge on any atom is 0.308 e. The van der Waals surface area contributed by atoms with Crippen LogP contribution in [0.1, 0.15) is 69.2 Å². The first-order valence-electron chi connectivity index (χ1n) is 17.3. The molecule has 2 unspecified atom stereocenters. The van der Waals surface area contributed by atoms with Crippen LogP contribution in [-0.2, 0) is 32.6 Å². The summed E-state index contributed by atoms with van der Waals surface area (Å²) in [6, 6.07) is 14.7. The summed E-state index contributed by atoms with van der Waals surface area (Å²) in [5, 5.41) is 13.1. The van der Waals surface area contributed by atoms with Crippen molar-refractivity contribution in [3.05, 3.63) is 94.7 Å². The molecule has 5 rings (SSSR count). The summed E-state index contributed by atoms with van der Waals surface area (Å²) in [7, 11) is 1.56. The van der Waals surface area contributed by atoms with Gasteiger partial charge in [-0.05, 0) is 84.9 Å². The Bertz CT molecular complexity index is 1940. The van der Waals surface area contributed by atoms with Crippen molar-refractivity contribution in [3.63, 3.8) is 0 Å². The first-order valence-corrected chi connectivity index (χ1v) is 18.5. The van der Waals surface area contributed by atoms with E-state index in [-0.39, 0.29) is 46.7 Å². The van der Waals surface area contributed by atoms with Gasteiger partial charge < -0.3 is 24.6 Å². The van der Waals surface area contributed by atoms with Crippen LogP contribution in [0.4, 0.5) is 8.78 Å². The molecular weight excluding hydrogens is 671 g/mol. The highest BCUT2D eigenvalue weighted by atomic mass is 32.2. The molecule has 4 aromatic rings. The Morgan fingerprint density at radius 2 is 1.96 bits per heavy atom. The summed E-state index contributed by atoms with van der Waals surface area (Å²) in [4.78, 5) is 33.4. The first kappa shape index (κ1) is 37.7. The molecule has 0 spiro atoms. The van der Waals surface area contributed by atoms with Crippen LogP contribution in [0, 0.1) is 28.4 Å². The minimum Gasteiger partial charge on any atom is -0.466 e. The predicted octanol–water partition coefficient (Wildman–Crippen LogP) is 8.55. The summed E-state index contributed by atoms with van der Waals surface area (Å²) in [5.74, 6) is -0.324. The number of aromatic amines is 1. The highest BCUT2D eigenvalue weighted by Gasteiger charge is 2.38. The molecule has 11 heteroatoms. The minimum absolute atomic E-state index is 0.000882. The van der Waals surface area contributed by atoms with Crippen molar-refractivity contribution in [2.24, 2.45) is 16.3 Å². The number of H-pyrrole nitrogens is 1. The smallest absolute Gasteiger partial charge is 0.308 e. The zero-order valence-corrected chi connectivity index (χ0v) is 30.6. The number of carbonyl (C=O) groups is 2. The maximum atomic E-state index is 15.6. The summed E-state index contributed by atoms with van der Waals surface area (Å²) in [6.45, 7) is 8.20. The molecule has 0 saturated carbocycles. The van der Waals surface area contributed by atoms with Gasteiger partial charge in [-0.25, -0.2) is 13.8 Å². The lowest BCUT2D eigenvalue weighted by molar-refractivity contribution is -0.147. The van der Waals surface area contributed by atoms with Gasteiger partial charge in [0.05, 0.1) is 18.1 Å². The molecule has 1 aromatic heterocycles. The lowest BCUT2D eigenvalue weighted by atomic mass is 9.74. The first-order chi connectivity index (χ1) is 24.4. The highest BCUT2D eigenvalue weighted by molar-refractivity contribution is 7.99. The number of hydrogen-bond donors (Lipinski definition) is 3. The van der Waals surface area contributed by atoms with Crippen LogP contribution in [-0.4, -0.2) is 54.1 Å². The van der Waals surface area contributed by atoms with Crippen LogP contribution >= 0.6 is 11.8 Å². The molecule has 51 heavy (non-hydrogen) atoms. The second-order valence-electron chi connectivity index (χ2n) is 13.9. The van der Waals surface area contributed by atoms with Crippen LogP contribution in [0.25, 0.3) is 10.9 Å². The molecule has 2 bridgehead atoms. The number of aldehydes is 1. The van der Waals surface area contributed by atoms with Gasteiger partial charge in [0.25, 0.3) is 0 Å². The number of carbonyl (C=O) groups excluding carboxylic acids is 2. The average molecular weight is 717 g/mol. The van der Waals surface area contributed by atoms with Gasteiger partial charge in [0, 0.05) is 35.8 Å². The van der Waals surface area contributed by atoms with E-state index in [4.69, 9.17) is 9.47 Å². The minimum atomic E-state index is -1.46. The Labute approximate surface area is 302 Å². The van der Waals surface area contributed by atoms with E-state index in [9.17, 15) is 15.0 Å². The van der Waals surface area contributed by atoms with Crippen molar-refractivity contribution in [1.82, 2.24) is 10.3 Å². The van der Waals surface area contributed by atoms with E-state index in [0.717, 1.165) is 35.0 Å². The number of ether oxygens (including phenoxy) is 2. The van der Waals surface area contributed by atoms with E-state index in [0.29, 0.717) is 42.5 Å². The molecule has 1 aliphatic heterocycles. The lowest BCUT2D eigenvalue weighted by Gasteiger charge is -2.31. The molecule has 270 valence electrons. The van der Waals surface area contributed by atoms with Crippen molar-refractivity contribution in [3.8, 4) is 11.5 Å². The number of halogens is 2. The van der Waals surface area contributed by atoms with Gasteiger partial charge in [-0.1, -0.05) is 51.5 Å². The molecule has 0 fully saturated rings. The number of nitrogens with one attached hydrogen (secondary N) is 3. The fraction of sp³-hybridized carbons (Fsp3) is 0.400. The van der Waals surface area contributed by atoms with Crippen molar-refractivity contribution >= 4 is 46.6 Å². The van der Waals surface area contributed by atoms with E-state index in [1.54, 1.807) is 44.9 Å². The lowest BCUT2D eigenvalue weighted by Crippen LogP contribution is -2.38. The van der Waals surface area contributed by atoms with Gasteiger partial charge in [0.2, 0.25) is 0 Å². The Hall–Kier alpha value is -4.51. The molecule has 3 N–H and O–H groups in total. The number of amidine groups is 2. The Morgan fingerprint density at radius 3 is 2.71 bits per heavy atom. The standard InChI is InChI=1S/C40H46F2N4O4S/c1-6-49-37(48)25(2)19-26-9-7-10-27(20-26)40(23-47)16-8-15-39(3,4)24-51-18-14-30-29-13-17-45-34(29)22-33(42)35(30)50-28-11-12-32(41)31(21-28)36(44-5)46-38(40)43/h7,9-13,17,20-23,25,45H,6,8,14-16,18-19,24H2,1-5H3,(H2,43,44,46). The number of rotatable bonds is 6. The third kappa shape index (κ3) is 8.52. The van der Waals surface area contributed by atoms with E-state index < -0.39 is 23.0 Å². The number of aryl methyl sites for hydroxylation is 1. The maximum absolute atomic E-state index is 15.6. The SMILES string of the molecule is CCOC(=O)C(C)Cc1cccc(C2(C=O)CCCC(C)(C)CSCCc3c(c(F)cc4[nH]ccc34)Oc3ccc(F)c(c3)/C(NC)=N/C2=N)c1. The summed E-state index contributed by atoms with van der Waals surface area (Å²) in [5.41, 5.74) is 1.20. The second-order valence-corrected chi connectivity index (χ2v) is 15.0. The quantitative estimate of drug-likeness (QED) is 0.136. The number of benzene rings is 3. The van der Waals surface area contributed by atoms with Crippen LogP contribution in [0.15, 0.2) is 65.8 Å². The molecule has 8 nitrogen and oxygen atoms in total. The molecule has 2 atom stereocenters. The van der Waals surface area contributed by atoms with Crippen molar-refractivity contribution < 1.29 is 27.8 Å². The van der Waals surface area contributed by atoms with Gasteiger partial charge in [0.15, 0.2) is 11.6 Å². The number of aromatic nitrogens is 1. The van der Waals surface area contributed by atoms with Crippen molar-refractivity contribution in [2.75, 3.05) is 25.2 Å². The number of fused-ring (bicyclic) bond motifs is 5. The second kappa shape index (κ2) is 16.2. The fourth-order valence-corrected chi connectivity index (χ4v) is 7.82.